The second kappa shape index (κ2) is 8.50. The van der Waals surface area contributed by atoms with E-state index in [9.17, 15) is 13.2 Å². The highest BCUT2D eigenvalue weighted by atomic mass is 35.5. The maximum atomic E-state index is 12.3. The molecule has 2 rings (SSSR count). The molecule has 0 aliphatic carbocycles. The second-order valence-corrected chi connectivity index (χ2v) is 8.77. The van der Waals surface area contributed by atoms with Gasteiger partial charge in [-0.25, -0.2) is 8.42 Å². The van der Waals surface area contributed by atoms with Gasteiger partial charge in [-0.1, -0.05) is 55.8 Å². The van der Waals surface area contributed by atoms with Crippen molar-refractivity contribution in [2.75, 3.05) is 5.75 Å². The van der Waals surface area contributed by atoms with Crippen molar-refractivity contribution in [3.8, 4) is 0 Å². The SMILES string of the molecule is CC(C)C(NC(=O)CCS(=O)(=O)c1ccc(Cl)cc1)c1ccccc1. The molecule has 25 heavy (non-hydrogen) atoms. The van der Waals surface area contributed by atoms with Crippen molar-refractivity contribution in [1.29, 1.82) is 0 Å². The maximum absolute atomic E-state index is 12.3. The Kier molecular flexibility index (Phi) is 6.62. The smallest absolute Gasteiger partial charge is 0.221 e. The topological polar surface area (TPSA) is 63.2 Å². The fourth-order valence-electron chi connectivity index (χ4n) is 2.53. The summed E-state index contributed by atoms with van der Waals surface area (Å²) in [7, 11) is -3.51. The van der Waals surface area contributed by atoms with Crippen LogP contribution in [0.3, 0.4) is 0 Å². The lowest BCUT2D eigenvalue weighted by molar-refractivity contribution is -0.121. The number of halogens is 1. The van der Waals surface area contributed by atoms with Gasteiger partial charge < -0.3 is 5.32 Å². The third kappa shape index (κ3) is 5.58. The van der Waals surface area contributed by atoms with Crippen LogP contribution in [0.4, 0.5) is 0 Å². The van der Waals surface area contributed by atoms with E-state index in [-0.39, 0.29) is 34.9 Å². The molecule has 4 nitrogen and oxygen atoms in total. The van der Waals surface area contributed by atoms with Gasteiger partial charge in [-0.3, -0.25) is 4.79 Å². The molecule has 1 atom stereocenters. The zero-order valence-corrected chi connectivity index (χ0v) is 15.8. The first-order valence-corrected chi connectivity index (χ1v) is 10.2. The van der Waals surface area contributed by atoms with Crippen molar-refractivity contribution in [2.24, 2.45) is 5.92 Å². The normalized spacial score (nSPS) is 12.8. The summed E-state index contributed by atoms with van der Waals surface area (Å²) in [4.78, 5) is 12.4. The average molecular weight is 380 g/mol. The quantitative estimate of drug-likeness (QED) is 0.790. The molecule has 1 unspecified atom stereocenters. The first-order valence-electron chi connectivity index (χ1n) is 8.12. The molecule has 1 amide bonds. The highest BCUT2D eigenvalue weighted by Gasteiger charge is 2.21. The fourth-order valence-corrected chi connectivity index (χ4v) is 3.89. The number of nitrogens with one attached hydrogen (secondary N) is 1. The Morgan fingerprint density at radius 1 is 1.04 bits per heavy atom. The molecule has 0 spiro atoms. The van der Waals surface area contributed by atoms with Crippen LogP contribution in [-0.2, 0) is 14.6 Å². The van der Waals surface area contributed by atoms with E-state index in [1.54, 1.807) is 0 Å². The summed E-state index contributed by atoms with van der Waals surface area (Å²) in [6, 6.07) is 15.5. The molecule has 6 heteroatoms. The summed E-state index contributed by atoms with van der Waals surface area (Å²) in [5.41, 5.74) is 1.01. The first kappa shape index (κ1) is 19.5. The van der Waals surface area contributed by atoms with Gasteiger partial charge in [0.25, 0.3) is 0 Å². The van der Waals surface area contributed by atoms with Crippen LogP contribution in [0.15, 0.2) is 59.5 Å². The summed E-state index contributed by atoms with van der Waals surface area (Å²) >= 11 is 5.78. The number of hydrogen-bond acceptors (Lipinski definition) is 3. The molecule has 134 valence electrons. The van der Waals surface area contributed by atoms with Gasteiger partial charge in [-0.2, -0.15) is 0 Å². The maximum Gasteiger partial charge on any atom is 0.221 e. The molecule has 0 aliphatic heterocycles. The minimum atomic E-state index is -3.51. The summed E-state index contributed by atoms with van der Waals surface area (Å²) in [6.45, 7) is 4.03. The molecule has 1 N–H and O–H groups in total. The number of amides is 1. The van der Waals surface area contributed by atoms with Crippen LogP contribution < -0.4 is 5.32 Å². The minimum absolute atomic E-state index is 0.0823. The molecule has 0 aromatic heterocycles. The van der Waals surface area contributed by atoms with Crippen molar-refractivity contribution in [3.63, 3.8) is 0 Å². The van der Waals surface area contributed by atoms with Crippen molar-refractivity contribution in [1.82, 2.24) is 5.32 Å². The summed E-state index contributed by atoms with van der Waals surface area (Å²) in [5.74, 6) is -0.320. The van der Waals surface area contributed by atoms with E-state index in [1.807, 2.05) is 44.2 Å². The van der Waals surface area contributed by atoms with E-state index in [1.165, 1.54) is 24.3 Å². The monoisotopic (exact) mass is 379 g/mol. The van der Waals surface area contributed by atoms with Crippen LogP contribution >= 0.6 is 11.6 Å². The summed E-state index contributed by atoms with van der Waals surface area (Å²) in [6.07, 6.45) is -0.0823. The van der Waals surface area contributed by atoms with E-state index in [0.29, 0.717) is 5.02 Å². The zero-order chi connectivity index (χ0) is 18.4. The predicted octanol–water partition coefficient (Wildman–Crippen LogP) is 4.02. The van der Waals surface area contributed by atoms with Gasteiger partial charge in [-0.05, 0) is 35.7 Å². The standard InChI is InChI=1S/C19H22ClNO3S/c1-14(2)19(15-6-4-3-5-7-15)21-18(22)12-13-25(23,24)17-10-8-16(20)9-11-17/h3-11,14,19H,12-13H2,1-2H3,(H,21,22). The van der Waals surface area contributed by atoms with Gasteiger partial charge in [0.15, 0.2) is 9.84 Å². The van der Waals surface area contributed by atoms with Gasteiger partial charge >= 0.3 is 0 Å². The first-order chi connectivity index (χ1) is 11.8. The zero-order valence-electron chi connectivity index (χ0n) is 14.3. The molecule has 0 heterocycles. The van der Waals surface area contributed by atoms with E-state index in [0.717, 1.165) is 5.56 Å². The Morgan fingerprint density at radius 3 is 2.20 bits per heavy atom. The molecule has 0 aliphatic rings. The largest absolute Gasteiger partial charge is 0.349 e. The average Bonchev–Trinajstić information content (AvgIpc) is 2.59. The number of carbonyl (C=O) groups excluding carboxylic acids is 1. The van der Waals surface area contributed by atoms with E-state index in [2.05, 4.69) is 5.32 Å². The van der Waals surface area contributed by atoms with Crippen molar-refractivity contribution >= 4 is 27.3 Å². The van der Waals surface area contributed by atoms with Crippen LogP contribution in [0.5, 0.6) is 0 Å². The molecule has 2 aromatic carbocycles. The van der Waals surface area contributed by atoms with Gasteiger partial charge in [-0.15, -0.1) is 0 Å². The number of sulfone groups is 1. The number of hydrogen-bond donors (Lipinski definition) is 1. The highest BCUT2D eigenvalue weighted by molar-refractivity contribution is 7.91. The Bertz CT molecular complexity index is 802. The molecule has 0 fully saturated rings. The van der Waals surface area contributed by atoms with Gasteiger partial charge in [0.05, 0.1) is 16.7 Å². The number of benzene rings is 2. The van der Waals surface area contributed by atoms with Crippen LogP contribution in [0.1, 0.15) is 31.9 Å². The van der Waals surface area contributed by atoms with E-state index in [4.69, 9.17) is 11.6 Å². The third-order valence-corrected chi connectivity index (χ3v) is 5.90. The Balaban J connectivity index is 2.00. The Hall–Kier alpha value is -1.85. The Labute approximate surface area is 154 Å². The van der Waals surface area contributed by atoms with Crippen LogP contribution in [0, 0.1) is 5.92 Å². The third-order valence-electron chi connectivity index (χ3n) is 3.91. The molecular weight excluding hydrogens is 358 g/mol. The lowest BCUT2D eigenvalue weighted by Gasteiger charge is -2.23. The number of rotatable bonds is 7. The van der Waals surface area contributed by atoms with E-state index < -0.39 is 9.84 Å². The molecular formula is C19H22ClNO3S. The van der Waals surface area contributed by atoms with Crippen molar-refractivity contribution in [2.45, 2.75) is 31.2 Å². The van der Waals surface area contributed by atoms with Gasteiger partial charge in [0.1, 0.15) is 0 Å². The van der Waals surface area contributed by atoms with Gasteiger partial charge in [0, 0.05) is 11.4 Å². The van der Waals surface area contributed by atoms with E-state index >= 15 is 0 Å². The second-order valence-electron chi connectivity index (χ2n) is 6.22. The fraction of sp³-hybridized carbons (Fsp3) is 0.316. The molecule has 0 saturated carbocycles. The summed E-state index contributed by atoms with van der Waals surface area (Å²) in [5, 5.41) is 3.41. The molecule has 0 bridgehead atoms. The van der Waals surface area contributed by atoms with Crippen LogP contribution in [0.2, 0.25) is 5.02 Å². The van der Waals surface area contributed by atoms with Crippen LogP contribution in [-0.4, -0.2) is 20.1 Å². The lowest BCUT2D eigenvalue weighted by atomic mass is 9.96. The van der Waals surface area contributed by atoms with Crippen molar-refractivity contribution < 1.29 is 13.2 Å². The molecule has 0 radical (unpaired) electrons. The highest BCUT2D eigenvalue weighted by Crippen LogP contribution is 2.22. The van der Waals surface area contributed by atoms with Gasteiger partial charge in [0.2, 0.25) is 5.91 Å². The number of carbonyl (C=O) groups is 1. The Morgan fingerprint density at radius 2 is 1.64 bits per heavy atom. The minimum Gasteiger partial charge on any atom is -0.349 e. The summed E-state index contributed by atoms with van der Waals surface area (Å²) < 4.78 is 24.6. The van der Waals surface area contributed by atoms with Crippen molar-refractivity contribution in [3.05, 3.63) is 65.2 Å². The predicted molar refractivity (Wildman–Crippen MR) is 100 cm³/mol. The lowest BCUT2D eigenvalue weighted by Crippen LogP contribution is -2.32. The molecule has 2 aromatic rings. The van der Waals surface area contributed by atoms with Crippen LogP contribution in [0.25, 0.3) is 0 Å². The molecule has 0 saturated heterocycles.